The number of aromatic nitrogens is 2. The van der Waals surface area contributed by atoms with Gasteiger partial charge in [0, 0.05) is 23.4 Å². The van der Waals surface area contributed by atoms with Gasteiger partial charge in [-0.2, -0.15) is 0 Å². The highest BCUT2D eigenvalue weighted by atomic mass is 32.1. The van der Waals surface area contributed by atoms with Crippen molar-refractivity contribution in [2.45, 2.75) is 38.6 Å². The number of thiazole rings is 1. The quantitative estimate of drug-likeness (QED) is 0.535. The summed E-state index contributed by atoms with van der Waals surface area (Å²) in [6.07, 6.45) is 6.72. The van der Waals surface area contributed by atoms with Gasteiger partial charge in [0.05, 0.1) is 15.9 Å². The number of carbonyl (C=O) groups is 1. The number of hydrogen-bond donors (Lipinski definition) is 1. The van der Waals surface area contributed by atoms with Gasteiger partial charge in [-0.1, -0.05) is 54.0 Å². The van der Waals surface area contributed by atoms with Crippen LogP contribution in [0.2, 0.25) is 0 Å². The third kappa shape index (κ3) is 3.02. The first-order chi connectivity index (χ1) is 13.2. The zero-order chi connectivity index (χ0) is 18.4. The number of fused-ring (bicyclic) bond motifs is 3. The summed E-state index contributed by atoms with van der Waals surface area (Å²) >= 11 is 1.63. The van der Waals surface area contributed by atoms with Gasteiger partial charge >= 0.3 is 0 Å². The number of nitrogens with zero attached hydrogens (tertiary/aromatic N) is 2. The van der Waals surface area contributed by atoms with Gasteiger partial charge in [-0.15, -0.1) is 0 Å². The Morgan fingerprint density at radius 3 is 2.70 bits per heavy atom. The zero-order valence-electron chi connectivity index (χ0n) is 15.2. The second-order valence-electron chi connectivity index (χ2n) is 7.38. The summed E-state index contributed by atoms with van der Waals surface area (Å²) in [5.41, 5.74) is 5.17. The predicted octanol–water partition coefficient (Wildman–Crippen LogP) is 5.20. The smallest absolute Gasteiger partial charge is 0.251 e. The van der Waals surface area contributed by atoms with Crippen LogP contribution in [0, 0.1) is 6.92 Å². The summed E-state index contributed by atoms with van der Waals surface area (Å²) in [6, 6.07) is 14.7. The molecule has 2 aromatic carbocycles. The monoisotopic (exact) mass is 375 g/mol. The van der Waals surface area contributed by atoms with Gasteiger partial charge in [0.2, 0.25) is 0 Å². The van der Waals surface area contributed by atoms with Crippen molar-refractivity contribution in [1.29, 1.82) is 0 Å². The van der Waals surface area contributed by atoms with Crippen molar-refractivity contribution in [1.82, 2.24) is 14.7 Å². The fourth-order valence-electron chi connectivity index (χ4n) is 3.84. The van der Waals surface area contributed by atoms with Crippen LogP contribution in [0.15, 0.2) is 48.7 Å². The van der Waals surface area contributed by atoms with E-state index in [9.17, 15) is 4.79 Å². The van der Waals surface area contributed by atoms with Crippen molar-refractivity contribution >= 4 is 32.4 Å². The Bertz CT molecular complexity index is 1130. The fourth-order valence-corrected chi connectivity index (χ4v) is 4.89. The zero-order valence-corrected chi connectivity index (χ0v) is 16.1. The van der Waals surface area contributed by atoms with E-state index in [4.69, 9.17) is 4.98 Å². The molecule has 0 atom stereocenters. The normalized spacial score (nSPS) is 15.0. The van der Waals surface area contributed by atoms with E-state index in [0.29, 0.717) is 6.04 Å². The van der Waals surface area contributed by atoms with E-state index in [2.05, 4.69) is 47.1 Å². The third-order valence-electron chi connectivity index (χ3n) is 5.39. The van der Waals surface area contributed by atoms with Crippen molar-refractivity contribution < 1.29 is 4.79 Å². The van der Waals surface area contributed by atoms with Gasteiger partial charge in [0.15, 0.2) is 4.96 Å². The summed E-state index contributed by atoms with van der Waals surface area (Å²) in [7, 11) is 0. The number of aryl methyl sites for hydroxylation is 1. The van der Waals surface area contributed by atoms with E-state index in [1.165, 1.54) is 18.4 Å². The van der Waals surface area contributed by atoms with Crippen LogP contribution >= 0.6 is 11.3 Å². The van der Waals surface area contributed by atoms with Gasteiger partial charge in [0.25, 0.3) is 5.91 Å². The Morgan fingerprint density at radius 1 is 1.15 bits per heavy atom. The lowest BCUT2D eigenvalue weighted by Crippen LogP contribution is -2.32. The Hall–Kier alpha value is -2.66. The first kappa shape index (κ1) is 16.5. The van der Waals surface area contributed by atoms with Crippen LogP contribution in [0.3, 0.4) is 0 Å². The number of nitrogens with one attached hydrogen (secondary N) is 1. The van der Waals surface area contributed by atoms with Crippen molar-refractivity contribution in [3.05, 3.63) is 59.8 Å². The molecule has 0 aliphatic heterocycles. The molecular formula is C22H21N3OS. The lowest BCUT2D eigenvalue weighted by molar-refractivity contribution is 0.0938. The number of imidazole rings is 1. The van der Waals surface area contributed by atoms with Crippen LogP contribution in [0.25, 0.3) is 26.4 Å². The summed E-state index contributed by atoms with van der Waals surface area (Å²) < 4.78 is 3.21. The second-order valence-corrected chi connectivity index (χ2v) is 8.39. The predicted molar refractivity (Wildman–Crippen MR) is 110 cm³/mol. The molecule has 2 aromatic heterocycles. The number of amides is 1. The van der Waals surface area contributed by atoms with Crippen LogP contribution in [0.5, 0.6) is 0 Å². The molecule has 0 saturated heterocycles. The van der Waals surface area contributed by atoms with E-state index in [1.807, 2.05) is 18.2 Å². The van der Waals surface area contributed by atoms with Crippen molar-refractivity contribution in [3.63, 3.8) is 0 Å². The molecule has 0 spiro atoms. The van der Waals surface area contributed by atoms with Gasteiger partial charge in [-0.25, -0.2) is 4.98 Å². The maximum absolute atomic E-state index is 12.5. The van der Waals surface area contributed by atoms with Crippen LogP contribution in [-0.4, -0.2) is 21.3 Å². The Balaban J connectivity index is 1.47. The number of carbonyl (C=O) groups excluding carboxylic acids is 1. The molecule has 1 aliphatic carbocycles. The molecule has 0 bridgehead atoms. The minimum absolute atomic E-state index is 0.0372. The maximum Gasteiger partial charge on any atom is 0.251 e. The van der Waals surface area contributed by atoms with Gasteiger partial charge in [-0.05, 0) is 38.0 Å². The third-order valence-corrected chi connectivity index (χ3v) is 6.41. The van der Waals surface area contributed by atoms with Gasteiger partial charge in [0.1, 0.15) is 0 Å². The molecule has 4 nitrogen and oxygen atoms in total. The Morgan fingerprint density at radius 2 is 1.93 bits per heavy atom. The lowest BCUT2D eigenvalue weighted by Gasteiger charge is -2.11. The molecule has 5 heteroatoms. The van der Waals surface area contributed by atoms with Crippen molar-refractivity contribution in [3.8, 4) is 11.3 Å². The summed E-state index contributed by atoms with van der Waals surface area (Å²) in [6.45, 7) is 2.09. The highest BCUT2D eigenvalue weighted by Gasteiger charge is 2.19. The van der Waals surface area contributed by atoms with Gasteiger partial charge in [-0.3, -0.25) is 9.20 Å². The molecule has 0 unspecified atom stereocenters. The van der Waals surface area contributed by atoms with Crippen molar-refractivity contribution in [2.24, 2.45) is 0 Å². The molecule has 1 saturated carbocycles. The molecule has 1 aliphatic rings. The van der Waals surface area contributed by atoms with Gasteiger partial charge < -0.3 is 5.32 Å². The summed E-state index contributed by atoms with van der Waals surface area (Å²) in [5, 5.41) is 3.17. The highest BCUT2D eigenvalue weighted by Crippen LogP contribution is 2.30. The molecule has 27 heavy (non-hydrogen) atoms. The largest absolute Gasteiger partial charge is 0.349 e. The van der Waals surface area contributed by atoms with E-state index in [0.717, 1.165) is 44.8 Å². The van der Waals surface area contributed by atoms with Crippen LogP contribution in [-0.2, 0) is 0 Å². The van der Waals surface area contributed by atoms with E-state index in [1.54, 1.807) is 11.3 Å². The SMILES string of the molecule is Cc1ccc(-c2cn3c(n2)sc2cc(C(=O)NC4CCCC4)ccc23)cc1. The second kappa shape index (κ2) is 6.50. The minimum atomic E-state index is 0.0372. The van der Waals surface area contributed by atoms with Crippen LogP contribution in [0.1, 0.15) is 41.6 Å². The Kier molecular flexibility index (Phi) is 3.97. The molecular weight excluding hydrogens is 354 g/mol. The average molecular weight is 375 g/mol. The van der Waals surface area contributed by atoms with E-state index >= 15 is 0 Å². The average Bonchev–Trinajstić information content (AvgIpc) is 3.38. The summed E-state index contributed by atoms with van der Waals surface area (Å²) in [5.74, 6) is 0.0372. The molecule has 136 valence electrons. The molecule has 0 radical (unpaired) electrons. The fraction of sp³-hybridized carbons (Fsp3) is 0.273. The molecule has 1 fully saturated rings. The highest BCUT2D eigenvalue weighted by molar-refractivity contribution is 7.23. The maximum atomic E-state index is 12.5. The lowest BCUT2D eigenvalue weighted by atomic mass is 10.1. The summed E-state index contributed by atoms with van der Waals surface area (Å²) in [4.78, 5) is 18.3. The van der Waals surface area contributed by atoms with Crippen LogP contribution < -0.4 is 5.32 Å². The minimum Gasteiger partial charge on any atom is -0.349 e. The molecule has 4 aromatic rings. The molecule has 1 N–H and O–H groups in total. The molecule has 2 heterocycles. The molecule has 5 rings (SSSR count). The first-order valence-corrected chi connectivity index (χ1v) is 10.3. The number of hydrogen-bond acceptors (Lipinski definition) is 3. The first-order valence-electron chi connectivity index (χ1n) is 9.47. The molecule has 1 amide bonds. The number of benzene rings is 2. The van der Waals surface area contributed by atoms with Crippen molar-refractivity contribution in [2.75, 3.05) is 0 Å². The van der Waals surface area contributed by atoms with Crippen LogP contribution in [0.4, 0.5) is 0 Å². The topological polar surface area (TPSA) is 46.4 Å². The Labute approximate surface area is 161 Å². The number of rotatable bonds is 3. The standard InChI is InChI=1S/C22H21N3OS/c1-14-6-8-15(9-7-14)18-13-25-19-11-10-16(12-20(19)27-22(25)24-18)21(26)23-17-4-2-3-5-17/h6-13,17H,2-5H2,1H3,(H,23,26). The van der Waals surface area contributed by atoms with E-state index in [-0.39, 0.29) is 5.91 Å². The van der Waals surface area contributed by atoms with E-state index < -0.39 is 0 Å².